The maximum atomic E-state index is 8.66. The monoisotopic (exact) mass is 247 g/mol. The van der Waals surface area contributed by atoms with Gasteiger partial charge in [0.1, 0.15) is 5.75 Å². The highest BCUT2D eigenvalue weighted by Crippen LogP contribution is 2.12. The average Bonchev–Trinajstić information content (AvgIpc) is 2.35. The van der Waals surface area contributed by atoms with Crippen molar-refractivity contribution in [3.8, 4) is 17.6 Å². The number of hydrogen-bond donors (Lipinski definition) is 1. The van der Waals surface area contributed by atoms with Crippen LogP contribution in [0, 0.1) is 11.8 Å². The van der Waals surface area contributed by atoms with E-state index in [4.69, 9.17) is 9.84 Å². The van der Waals surface area contributed by atoms with Crippen molar-refractivity contribution in [2.75, 3.05) is 33.9 Å². The van der Waals surface area contributed by atoms with Gasteiger partial charge in [0.2, 0.25) is 0 Å². The summed E-state index contributed by atoms with van der Waals surface area (Å²) >= 11 is 0. The van der Waals surface area contributed by atoms with E-state index in [0.717, 1.165) is 24.3 Å². The lowest BCUT2D eigenvalue weighted by atomic mass is 10.2. The number of nitrogens with zero attached hydrogens (tertiary/aromatic N) is 1. The molecule has 0 unspecified atom stereocenters. The predicted molar refractivity (Wildman–Crippen MR) is 73.7 cm³/mol. The van der Waals surface area contributed by atoms with Gasteiger partial charge in [0.25, 0.3) is 0 Å². The summed E-state index contributed by atoms with van der Waals surface area (Å²) in [5.41, 5.74) is 0.925. The molecular weight excluding hydrogens is 226 g/mol. The van der Waals surface area contributed by atoms with Crippen molar-refractivity contribution < 1.29 is 9.84 Å². The van der Waals surface area contributed by atoms with Crippen LogP contribution in [0.4, 0.5) is 0 Å². The van der Waals surface area contributed by atoms with Gasteiger partial charge in [0.05, 0.1) is 13.2 Å². The first-order chi connectivity index (χ1) is 8.72. The lowest BCUT2D eigenvalue weighted by Gasteiger charge is -2.10. The molecule has 0 aliphatic carbocycles. The molecule has 98 valence electrons. The van der Waals surface area contributed by atoms with Crippen molar-refractivity contribution >= 4 is 0 Å². The van der Waals surface area contributed by atoms with E-state index in [9.17, 15) is 0 Å². The first-order valence-corrected chi connectivity index (χ1v) is 6.19. The molecular formula is C15H21NO2. The van der Waals surface area contributed by atoms with Crippen molar-refractivity contribution in [2.45, 2.75) is 12.8 Å². The molecule has 0 aromatic heterocycles. The predicted octanol–water partition coefficient (Wildman–Crippen LogP) is 1.75. The molecule has 0 spiro atoms. The quantitative estimate of drug-likeness (QED) is 0.614. The van der Waals surface area contributed by atoms with Crippen LogP contribution in [0.15, 0.2) is 24.3 Å². The van der Waals surface area contributed by atoms with E-state index in [-0.39, 0.29) is 6.61 Å². The first-order valence-electron chi connectivity index (χ1n) is 6.19. The van der Waals surface area contributed by atoms with E-state index in [1.54, 1.807) is 0 Å². The van der Waals surface area contributed by atoms with Crippen molar-refractivity contribution in [3.05, 3.63) is 29.8 Å². The van der Waals surface area contributed by atoms with Gasteiger partial charge in [-0.15, -0.1) is 0 Å². The fourth-order valence-corrected chi connectivity index (χ4v) is 1.45. The first kappa shape index (κ1) is 14.6. The van der Waals surface area contributed by atoms with E-state index in [1.807, 2.05) is 24.3 Å². The summed E-state index contributed by atoms with van der Waals surface area (Å²) in [6, 6.07) is 7.74. The van der Waals surface area contributed by atoms with Crippen LogP contribution in [0.1, 0.15) is 18.4 Å². The topological polar surface area (TPSA) is 32.7 Å². The molecule has 0 atom stereocenters. The lowest BCUT2D eigenvalue weighted by Crippen LogP contribution is -2.15. The van der Waals surface area contributed by atoms with Crippen LogP contribution in [0.3, 0.4) is 0 Å². The lowest BCUT2D eigenvalue weighted by molar-refractivity contribution is 0.281. The molecule has 3 heteroatoms. The summed E-state index contributed by atoms with van der Waals surface area (Å²) in [5.74, 6) is 6.75. The Morgan fingerprint density at radius 2 is 2.17 bits per heavy atom. The van der Waals surface area contributed by atoms with Crippen LogP contribution in [0.25, 0.3) is 0 Å². The third-order valence-corrected chi connectivity index (χ3v) is 2.32. The largest absolute Gasteiger partial charge is 0.494 e. The molecule has 0 heterocycles. The van der Waals surface area contributed by atoms with Gasteiger partial charge in [-0.2, -0.15) is 0 Å². The molecule has 0 aliphatic rings. The van der Waals surface area contributed by atoms with E-state index in [1.165, 1.54) is 0 Å². The van der Waals surface area contributed by atoms with Crippen LogP contribution in [-0.4, -0.2) is 43.9 Å². The van der Waals surface area contributed by atoms with Gasteiger partial charge < -0.3 is 14.7 Å². The third kappa shape index (κ3) is 6.29. The number of benzene rings is 1. The van der Waals surface area contributed by atoms with Gasteiger partial charge in [-0.25, -0.2) is 0 Å². The Morgan fingerprint density at radius 3 is 2.89 bits per heavy atom. The van der Waals surface area contributed by atoms with Crippen molar-refractivity contribution in [1.82, 2.24) is 4.90 Å². The molecule has 18 heavy (non-hydrogen) atoms. The van der Waals surface area contributed by atoms with Gasteiger partial charge in [-0.1, -0.05) is 17.9 Å². The second kappa shape index (κ2) is 8.57. The molecule has 3 nitrogen and oxygen atoms in total. The van der Waals surface area contributed by atoms with E-state index in [2.05, 4.69) is 30.8 Å². The molecule has 1 aromatic carbocycles. The van der Waals surface area contributed by atoms with Gasteiger partial charge in [0, 0.05) is 18.5 Å². The normalized spacial score (nSPS) is 10.0. The Labute approximate surface area is 109 Å². The second-order valence-electron chi connectivity index (χ2n) is 4.31. The Kier molecular flexibility index (Phi) is 6.93. The molecule has 0 aliphatic heterocycles. The van der Waals surface area contributed by atoms with E-state index < -0.39 is 0 Å². The summed E-state index contributed by atoms with van der Waals surface area (Å²) < 4.78 is 5.66. The molecule has 1 N–H and O–H groups in total. The molecule has 0 fully saturated rings. The minimum Gasteiger partial charge on any atom is -0.494 e. The highest BCUT2D eigenvalue weighted by molar-refractivity contribution is 5.39. The second-order valence-corrected chi connectivity index (χ2v) is 4.31. The van der Waals surface area contributed by atoms with Gasteiger partial charge >= 0.3 is 0 Å². The zero-order valence-corrected chi connectivity index (χ0v) is 11.1. The van der Waals surface area contributed by atoms with Gasteiger partial charge in [0.15, 0.2) is 0 Å². The number of aliphatic hydroxyl groups excluding tert-OH is 1. The summed E-state index contributed by atoms with van der Waals surface area (Å²) in [7, 11) is 4.11. The van der Waals surface area contributed by atoms with Crippen molar-refractivity contribution in [1.29, 1.82) is 0 Å². The fourth-order valence-electron chi connectivity index (χ4n) is 1.45. The Bertz CT molecular complexity index is 404. The number of aliphatic hydroxyl groups is 1. The van der Waals surface area contributed by atoms with Crippen molar-refractivity contribution in [2.24, 2.45) is 0 Å². The Hall–Kier alpha value is -1.50. The summed E-state index contributed by atoms with van der Waals surface area (Å²) in [5, 5.41) is 8.66. The van der Waals surface area contributed by atoms with Crippen molar-refractivity contribution in [3.63, 3.8) is 0 Å². The summed E-state index contributed by atoms with van der Waals surface area (Å²) in [4.78, 5) is 2.14. The maximum Gasteiger partial charge on any atom is 0.120 e. The molecule has 1 rings (SSSR count). The third-order valence-electron chi connectivity index (χ3n) is 2.32. The number of ether oxygens (including phenoxy) is 1. The average molecular weight is 247 g/mol. The van der Waals surface area contributed by atoms with Crippen LogP contribution in [0.5, 0.6) is 5.75 Å². The molecule has 0 saturated carbocycles. The standard InChI is InChI=1S/C15H21NO2/c1-16(2)10-6-12-18-15-9-5-8-14(13-15)7-3-4-11-17/h5,8-9,13,17H,4,6,10-12H2,1-2H3. The van der Waals surface area contributed by atoms with Gasteiger partial charge in [-0.05, 0) is 38.7 Å². The zero-order valence-electron chi connectivity index (χ0n) is 11.1. The van der Waals surface area contributed by atoms with Crippen LogP contribution in [0.2, 0.25) is 0 Å². The minimum absolute atomic E-state index is 0.105. The van der Waals surface area contributed by atoms with Gasteiger partial charge in [-0.3, -0.25) is 0 Å². The van der Waals surface area contributed by atoms with E-state index in [0.29, 0.717) is 13.0 Å². The zero-order chi connectivity index (χ0) is 13.2. The van der Waals surface area contributed by atoms with Crippen LogP contribution < -0.4 is 4.74 Å². The Morgan fingerprint density at radius 1 is 1.33 bits per heavy atom. The Balaban J connectivity index is 2.42. The fraction of sp³-hybridized carbons (Fsp3) is 0.467. The molecule has 0 bridgehead atoms. The van der Waals surface area contributed by atoms with Crippen LogP contribution >= 0.6 is 0 Å². The summed E-state index contributed by atoms with van der Waals surface area (Å²) in [6.45, 7) is 1.84. The molecule has 0 saturated heterocycles. The summed E-state index contributed by atoms with van der Waals surface area (Å²) in [6.07, 6.45) is 1.52. The van der Waals surface area contributed by atoms with E-state index >= 15 is 0 Å². The van der Waals surface area contributed by atoms with Crippen LogP contribution in [-0.2, 0) is 0 Å². The highest BCUT2D eigenvalue weighted by atomic mass is 16.5. The molecule has 1 aromatic rings. The number of rotatable bonds is 6. The molecule has 0 radical (unpaired) electrons. The SMILES string of the molecule is CN(C)CCCOc1cccc(C#CCCO)c1. The highest BCUT2D eigenvalue weighted by Gasteiger charge is 1.96. The number of hydrogen-bond acceptors (Lipinski definition) is 3. The smallest absolute Gasteiger partial charge is 0.120 e. The molecule has 0 amide bonds. The maximum absolute atomic E-state index is 8.66. The minimum atomic E-state index is 0.105.